The maximum Gasteiger partial charge on any atom is 0.148 e. The Kier molecular flexibility index (Phi) is 1.88. The van der Waals surface area contributed by atoms with E-state index in [0.717, 1.165) is 0 Å². The molecule has 13 heavy (non-hydrogen) atoms. The monoisotopic (exact) mass is 192 g/mol. The van der Waals surface area contributed by atoms with Gasteiger partial charge in [0, 0.05) is 0 Å². The molecule has 1 spiro atoms. The zero-order valence-corrected chi connectivity index (χ0v) is 6.74. The Labute approximate surface area is 74.0 Å². The van der Waals surface area contributed by atoms with Crippen molar-refractivity contribution in [2.75, 3.05) is 6.61 Å². The Morgan fingerprint density at radius 2 is 1.23 bits per heavy atom. The van der Waals surface area contributed by atoms with Gasteiger partial charge in [-0.05, 0) is 0 Å². The minimum absolute atomic E-state index is 0.0795. The quantitative estimate of drug-likeness (QED) is 0.255. The van der Waals surface area contributed by atoms with Crippen LogP contribution in [0.4, 0.5) is 0 Å². The summed E-state index contributed by atoms with van der Waals surface area (Å²) in [6.45, 7) is 0.0795. The minimum atomic E-state index is -1.54. The second kappa shape index (κ2) is 2.63. The van der Waals surface area contributed by atoms with Crippen LogP contribution in [0.5, 0.6) is 0 Å². The largest absolute Gasteiger partial charge is 0.387 e. The standard InChI is InChI=1S/C7H12O6/c8-2-3(9)5(11)7(1-13-7)6(12)4(2)10/h2-6,8-12H,1H2/t2?,3-,4-,5-,6-,7?/m0/s1. The number of aliphatic hydroxyl groups is 5. The first-order valence-corrected chi connectivity index (χ1v) is 4.05. The summed E-state index contributed by atoms with van der Waals surface area (Å²) in [6, 6.07) is 0. The number of aliphatic hydroxyl groups excluding tert-OH is 5. The fraction of sp³-hybridized carbons (Fsp3) is 1.00. The number of epoxide rings is 1. The first-order chi connectivity index (χ1) is 6.00. The van der Waals surface area contributed by atoms with Crippen molar-refractivity contribution in [2.45, 2.75) is 36.1 Å². The lowest BCUT2D eigenvalue weighted by atomic mass is 9.78. The van der Waals surface area contributed by atoms with Crippen molar-refractivity contribution in [1.82, 2.24) is 0 Å². The lowest BCUT2D eigenvalue weighted by Gasteiger charge is -2.40. The van der Waals surface area contributed by atoms with Crippen LogP contribution in [0.1, 0.15) is 0 Å². The van der Waals surface area contributed by atoms with Gasteiger partial charge < -0.3 is 30.3 Å². The molecule has 2 rings (SSSR count). The van der Waals surface area contributed by atoms with Gasteiger partial charge in [-0.15, -0.1) is 0 Å². The fourth-order valence-electron chi connectivity index (χ4n) is 1.75. The van der Waals surface area contributed by atoms with E-state index in [-0.39, 0.29) is 6.61 Å². The Morgan fingerprint density at radius 1 is 0.846 bits per heavy atom. The second-order valence-electron chi connectivity index (χ2n) is 3.61. The summed E-state index contributed by atoms with van der Waals surface area (Å²) in [4.78, 5) is 0. The number of ether oxygens (including phenoxy) is 1. The summed E-state index contributed by atoms with van der Waals surface area (Å²) in [5, 5.41) is 46.5. The highest BCUT2D eigenvalue weighted by Crippen LogP contribution is 2.42. The van der Waals surface area contributed by atoms with Crippen molar-refractivity contribution in [1.29, 1.82) is 0 Å². The van der Waals surface area contributed by atoms with Crippen LogP contribution in [0.15, 0.2) is 0 Å². The van der Waals surface area contributed by atoms with Crippen molar-refractivity contribution in [3.8, 4) is 0 Å². The van der Waals surface area contributed by atoms with Gasteiger partial charge in [0.1, 0.15) is 36.1 Å². The minimum Gasteiger partial charge on any atom is -0.387 e. The van der Waals surface area contributed by atoms with E-state index < -0.39 is 36.1 Å². The van der Waals surface area contributed by atoms with Crippen LogP contribution in [0.25, 0.3) is 0 Å². The summed E-state index contributed by atoms with van der Waals surface area (Å²) >= 11 is 0. The Balaban J connectivity index is 2.24. The molecule has 6 heteroatoms. The SMILES string of the molecule is OC1[C@H](O)[C@H](O)C2(CO2)[C@@H](O)[C@H]1O. The van der Waals surface area contributed by atoms with E-state index in [0.29, 0.717) is 0 Å². The normalized spacial score (nSPS) is 61.2. The topological polar surface area (TPSA) is 114 Å². The summed E-state index contributed by atoms with van der Waals surface area (Å²) in [6.07, 6.45) is -7.23. The molecule has 0 aromatic rings. The lowest BCUT2D eigenvalue weighted by Crippen LogP contribution is -2.65. The molecule has 5 N–H and O–H groups in total. The molecule has 0 unspecified atom stereocenters. The molecular formula is C7H12O6. The number of hydrogen-bond acceptors (Lipinski definition) is 6. The zero-order valence-electron chi connectivity index (χ0n) is 6.74. The van der Waals surface area contributed by atoms with Gasteiger partial charge in [-0.1, -0.05) is 0 Å². The Hall–Kier alpha value is -0.240. The molecule has 0 aromatic heterocycles. The van der Waals surface area contributed by atoms with Crippen molar-refractivity contribution in [3.63, 3.8) is 0 Å². The van der Waals surface area contributed by atoms with E-state index in [9.17, 15) is 25.5 Å². The summed E-state index contributed by atoms with van der Waals surface area (Å²) in [5.74, 6) is 0. The third-order valence-corrected chi connectivity index (χ3v) is 2.83. The third-order valence-electron chi connectivity index (χ3n) is 2.83. The van der Waals surface area contributed by atoms with Crippen LogP contribution in [0.3, 0.4) is 0 Å². The van der Waals surface area contributed by atoms with Crippen LogP contribution >= 0.6 is 0 Å². The lowest BCUT2D eigenvalue weighted by molar-refractivity contribution is -0.209. The van der Waals surface area contributed by atoms with Crippen LogP contribution in [-0.4, -0.2) is 68.3 Å². The molecule has 1 heterocycles. The molecule has 1 saturated carbocycles. The highest BCUT2D eigenvalue weighted by atomic mass is 16.6. The Morgan fingerprint density at radius 3 is 1.54 bits per heavy atom. The van der Waals surface area contributed by atoms with Crippen molar-refractivity contribution >= 4 is 0 Å². The van der Waals surface area contributed by atoms with Gasteiger partial charge in [-0.2, -0.15) is 0 Å². The van der Waals surface area contributed by atoms with E-state index in [1.54, 1.807) is 0 Å². The van der Waals surface area contributed by atoms with Crippen molar-refractivity contribution < 1.29 is 30.3 Å². The van der Waals surface area contributed by atoms with Gasteiger partial charge in [0.25, 0.3) is 0 Å². The second-order valence-corrected chi connectivity index (χ2v) is 3.61. The van der Waals surface area contributed by atoms with Gasteiger partial charge in [0.15, 0.2) is 0 Å². The third kappa shape index (κ3) is 1.04. The molecule has 4 atom stereocenters. The van der Waals surface area contributed by atoms with Crippen LogP contribution < -0.4 is 0 Å². The zero-order chi connectivity index (χ0) is 9.80. The highest BCUT2D eigenvalue weighted by Gasteiger charge is 2.66. The number of rotatable bonds is 0. The van der Waals surface area contributed by atoms with E-state index in [1.165, 1.54) is 0 Å². The summed E-state index contributed by atoms with van der Waals surface area (Å²) in [5.41, 5.74) is -1.28. The van der Waals surface area contributed by atoms with E-state index in [4.69, 9.17) is 4.74 Å². The maximum atomic E-state index is 9.42. The fourth-order valence-corrected chi connectivity index (χ4v) is 1.75. The highest BCUT2D eigenvalue weighted by molar-refractivity contribution is 5.15. The first-order valence-electron chi connectivity index (χ1n) is 4.05. The molecule has 0 bridgehead atoms. The number of hydrogen-bond donors (Lipinski definition) is 5. The molecule has 1 aliphatic carbocycles. The molecule has 1 aliphatic heterocycles. The maximum absolute atomic E-state index is 9.42. The van der Waals surface area contributed by atoms with E-state index in [2.05, 4.69) is 0 Å². The smallest absolute Gasteiger partial charge is 0.148 e. The average molecular weight is 192 g/mol. The molecule has 0 amide bonds. The van der Waals surface area contributed by atoms with Gasteiger partial charge in [-0.25, -0.2) is 0 Å². The average Bonchev–Trinajstić information content (AvgIpc) is 2.91. The van der Waals surface area contributed by atoms with Gasteiger partial charge in [-0.3, -0.25) is 0 Å². The van der Waals surface area contributed by atoms with Gasteiger partial charge in [0.2, 0.25) is 0 Å². The first kappa shape index (κ1) is 9.32. The summed E-state index contributed by atoms with van der Waals surface area (Å²) < 4.78 is 4.82. The molecule has 2 aliphatic rings. The van der Waals surface area contributed by atoms with Crippen molar-refractivity contribution in [2.24, 2.45) is 0 Å². The Bertz CT molecular complexity index is 197. The molecule has 0 aromatic carbocycles. The molecule has 6 nitrogen and oxygen atoms in total. The van der Waals surface area contributed by atoms with Gasteiger partial charge in [0.05, 0.1) is 6.61 Å². The van der Waals surface area contributed by atoms with E-state index in [1.807, 2.05) is 0 Å². The molecule has 1 saturated heterocycles. The predicted octanol–water partition coefficient (Wildman–Crippen LogP) is -3.43. The van der Waals surface area contributed by atoms with Crippen LogP contribution in [0, 0.1) is 0 Å². The van der Waals surface area contributed by atoms with Gasteiger partial charge >= 0.3 is 0 Å². The summed E-state index contributed by atoms with van der Waals surface area (Å²) in [7, 11) is 0. The molecule has 2 fully saturated rings. The van der Waals surface area contributed by atoms with Crippen LogP contribution in [-0.2, 0) is 4.74 Å². The van der Waals surface area contributed by atoms with Crippen LogP contribution in [0.2, 0.25) is 0 Å². The molecular weight excluding hydrogens is 180 g/mol. The molecule has 76 valence electrons. The predicted molar refractivity (Wildman–Crippen MR) is 38.7 cm³/mol. The van der Waals surface area contributed by atoms with Crippen molar-refractivity contribution in [3.05, 3.63) is 0 Å². The van der Waals surface area contributed by atoms with E-state index >= 15 is 0 Å². The molecule has 0 radical (unpaired) electrons.